The molecule has 0 bridgehead atoms. The van der Waals surface area contributed by atoms with Gasteiger partial charge in [0.15, 0.2) is 0 Å². The molecule has 98 valence electrons. The van der Waals surface area contributed by atoms with Gasteiger partial charge in [0.1, 0.15) is 24.2 Å². The van der Waals surface area contributed by atoms with Crippen molar-refractivity contribution < 1.29 is 13.9 Å². The minimum Gasteiger partial charge on any atom is -0.491 e. The molecule has 0 spiro atoms. The predicted octanol–water partition coefficient (Wildman–Crippen LogP) is 3.14. The molecule has 0 aliphatic rings. The Bertz CT molecular complexity index is 413. The standard InChI is InChI=1S/C14H18FNO2/c1-11(2)5-6-17-7-8-18-13-4-3-12(10-16)14(15)9-13/h3-4,9,11H,5-8H2,1-2H3. The van der Waals surface area contributed by atoms with Gasteiger partial charge in [0.2, 0.25) is 0 Å². The zero-order chi connectivity index (χ0) is 13.4. The minimum absolute atomic E-state index is 0.0236. The van der Waals surface area contributed by atoms with Crippen molar-refractivity contribution in [3.8, 4) is 11.8 Å². The highest BCUT2D eigenvalue weighted by atomic mass is 19.1. The monoisotopic (exact) mass is 251 g/mol. The lowest BCUT2D eigenvalue weighted by atomic mass is 10.1. The van der Waals surface area contributed by atoms with Crippen LogP contribution in [0.5, 0.6) is 5.75 Å². The fourth-order valence-corrected chi connectivity index (χ4v) is 1.32. The highest BCUT2D eigenvalue weighted by Gasteiger charge is 2.03. The zero-order valence-electron chi connectivity index (χ0n) is 10.8. The summed E-state index contributed by atoms with van der Waals surface area (Å²) < 4.78 is 23.9. The Labute approximate surface area is 107 Å². The Kier molecular flexibility index (Phi) is 6.16. The van der Waals surface area contributed by atoms with E-state index in [2.05, 4.69) is 13.8 Å². The third-order valence-corrected chi connectivity index (χ3v) is 2.40. The van der Waals surface area contributed by atoms with Gasteiger partial charge in [-0.3, -0.25) is 0 Å². The second-order valence-corrected chi connectivity index (χ2v) is 4.40. The van der Waals surface area contributed by atoms with E-state index in [0.717, 1.165) is 6.42 Å². The number of rotatable bonds is 7. The van der Waals surface area contributed by atoms with E-state index in [4.69, 9.17) is 14.7 Å². The Morgan fingerprint density at radius 1 is 1.28 bits per heavy atom. The van der Waals surface area contributed by atoms with Crippen LogP contribution in [-0.4, -0.2) is 19.8 Å². The number of nitrogens with zero attached hydrogens (tertiary/aromatic N) is 1. The first-order chi connectivity index (χ1) is 8.63. The lowest BCUT2D eigenvalue weighted by Crippen LogP contribution is -2.08. The molecule has 0 aliphatic carbocycles. The molecule has 0 amide bonds. The second-order valence-electron chi connectivity index (χ2n) is 4.40. The van der Waals surface area contributed by atoms with E-state index < -0.39 is 5.82 Å². The molecule has 0 saturated carbocycles. The molecule has 1 aromatic carbocycles. The number of hydrogen-bond donors (Lipinski definition) is 0. The first-order valence-electron chi connectivity index (χ1n) is 6.03. The maximum absolute atomic E-state index is 13.2. The van der Waals surface area contributed by atoms with Crippen LogP contribution in [0.15, 0.2) is 18.2 Å². The Balaban J connectivity index is 2.24. The molecule has 1 aromatic rings. The molecule has 3 nitrogen and oxygen atoms in total. The Morgan fingerprint density at radius 2 is 2.06 bits per heavy atom. The fourth-order valence-electron chi connectivity index (χ4n) is 1.32. The van der Waals surface area contributed by atoms with E-state index in [1.807, 2.05) is 0 Å². The van der Waals surface area contributed by atoms with Gasteiger partial charge in [-0.2, -0.15) is 5.26 Å². The highest BCUT2D eigenvalue weighted by Crippen LogP contribution is 2.15. The van der Waals surface area contributed by atoms with Crippen LogP contribution in [0.3, 0.4) is 0 Å². The number of halogens is 1. The van der Waals surface area contributed by atoms with Crippen molar-refractivity contribution in [2.75, 3.05) is 19.8 Å². The first kappa shape index (κ1) is 14.5. The molecule has 4 heteroatoms. The van der Waals surface area contributed by atoms with Crippen LogP contribution in [0.25, 0.3) is 0 Å². The summed E-state index contributed by atoms with van der Waals surface area (Å²) in [7, 11) is 0. The van der Waals surface area contributed by atoms with Crippen LogP contribution < -0.4 is 4.74 Å². The molecule has 0 heterocycles. The van der Waals surface area contributed by atoms with Crippen molar-refractivity contribution in [3.63, 3.8) is 0 Å². The predicted molar refractivity (Wildman–Crippen MR) is 66.9 cm³/mol. The van der Waals surface area contributed by atoms with Gasteiger partial charge in [0.05, 0.1) is 12.2 Å². The summed E-state index contributed by atoms with van der Waals surface area (Å²) in [6.45, 7) is 5.85. The lowest BCUT2D eigenvalue weighted by Gasteiger charge is -2.08. The lowest BCUT2D eigenvalue weighted by molar-refractivity contribution is 0.0925. The molecule has 1 rings (SSSR count). The van der Waals surface area contributed by atoms with Crippen LogP contribution in [0.2, 0.25) is 0 Å². The summed E-state index contributed by atoms with van der Waals surface area (Å²) in [6.07, 6.45) is 1.02. The van der Waals surface area contributed by atoms with E-state index in [0.29, 0.717) is 31.5 Å². The first-order valence-corrected chi connectivity index (χ1v) is 6.03. The van der Waals surface area contributed by atoms with Crippen molar-refractivity contribution >= 4 is 0 Å². The van der Waals surface area contributed by atoms with Crippen molar-refractivity contribution in [3.05, 3.63) is 29.6 Å². The summed E-state index contributed by atoms with van der Waals surface area (Å²) in [5.41, 5.74) is 0.0236. The van der Waals surface area contributed by atoms with Crippen LogP contribution in [-0.2, 0) is 4.74 Å². The van der Waals surface area contributed by atoms with Gasteiger partial charge in [-0.15, -0.1) is 0 Å². The quantitative estimate of drug-likeness (QED) is 0.699. The summed E-state index contributed by atoms with van der Waals surface area (Å²) in [5, 5.41) is 8.58. The van der Waals surface area contributed by atoms with Gasteiger partial charge >= 0.3 is 0 Å². The molecule has 0 N–H and O–H groups in total. The minimum atomic E-state index is -0.560. The van der Waals surface area contributed by atoms with Crippen molar-refractivity contribution in [2.24, 2.45) is 5.92 Å². The number of nitriles is 1. The fraction of sp³-hybridized carbons (Fsp3) is 0.500. The zero-order valence-corrected chi connectivity index (χ0v) is 10.8. The maximum atomic E-state index is 13.2. The normalized spacial score (nSPS) is 10.4. The topological polar surface area (TPSA) is 42.2 Å². The third-order valence-electron chi connectivity index (χ3n) is 2.40. The van der Waals surface area contributed by atoms with Crippen LogP contribution in [0.4, 0.5) is 4.39 Å². The van der Waals surface area contributed by atoms with Gasteiger partial charge in [-0.25, -0.2) is 4.39 Å². The van der Waals surface area contributed by atoms with E-state index in [1.165, 1.54) is 12.1 Å². The van der Waals surface area contributed by atoms with Gasteiger partial charge < -0.3 is 9.47 Å². The molecule has 0 fully saturated rings. The Morgan fingerprint density at radius 3 is 2.67 bits per heavy atom. The summed E-state index contributed by atoms with van der Waals surface area (Å²) in [5.74, 6) is 0.480. The van der Waals surface area contributed by atoms with Crippen LogP contribution in [0.1, 0.15) is 25.8 Å². The van der Waals surface area contributed by atoms with Crippen molar-refractivity contribution in [1.82, 2.24) is 0 Å². The molecule has 0 aliphatic heterocycles. The smallest absolute Gasteiger partial charge is 0.144 e. The van der Waals surface area contributed by atoms with Gasteiger partial charge in [0.25, 0.3) is 0 Å². The van der Waals surface area contributed by atoms with Gasteiger partial charge in [-0.1, -0.05) is 13.8 Å². The third kappa shape index (κ3) is 5.15. The van der Waals surface area contributed by atoms with E-state index >= 15 is 0 Å². The highest BCUT2D eigenvalue weighted by molar-refractivity contribution is 5.36. The van der Waals surface area contributed by atoms with Crippen molar-refractivity contribution in [2.45, 2.75) is 20.3 Å². The van der Waals surface area contributed by atoms with E-state index in [-0.39, 0.29) is 5.56 Å². The molecule has 18 heavy (non-hydrogen) atoms. The largest absolute Gasteiger partial charge is 0.491 e. The molecule has 0 atom stereocenters. The van der Waals surface area contributed by atoms with E-state index in [9.17, 15) is 4.39 Å². The number of benzene rings is 1. The average molecular weight is 251 g/mol. The van der Waals surface area contributed by atoms with E-state index in [1.54, 1.807) is 12.1 Å². The summed E-state index contributed by atoms with van der Waals surface area (Å²) in [4.78, 5) is 0. The number of hydrogen-bond acceptors (Lipinski definition) is 3. The molecular weight excluding hydrogens is 233 g/mol. The van der Waals surface area contributed by atoms with Gasteiger partial charge in [0, 0.05) is 12.7 Å². The average Bonchev–Trinajstić information content (AvgIpc) is 2.33. The SMILES string of the molecule is CC(C)CCOCCOc1ccc(C#N)c(F)c1. The van der Waals surface area contributed by atoms with Crippen LogP contribution >= 0.6 is 0 Å². The molecule has 0 unspecified atom stereocenters. The van der Waals surface area contributed by atoms with Crippen molar-refractivity contribution in [1.29, 1.82) is 5.26 Å². The van der Waals surface area contributed by atoms with Crippen LogP contribution in [0, 0.1) is 23.1 Å². The molecule has 0 radical (unpaired) electrons. The van der Waals surface area contributed by atoms with Gasteiger partial charge in [-0.05, 0) is 24.5 Å². The second kappa shape index (κ2) is 7.67. The maximum Gasteiger partial charge on any atom is 0.144 e. The Hall–Kier alpha value is -1.60. The molecular formula is C14H18FNO2. The molecule has 0 saturated heterocycles. The summed E-state index contributed by atoms with van der Waals surface area (Å²) in [6, 6.07) is 5.96. The molecule has 0 aromatic heterocycles. The number of ether oxygens (including phenoxy) is 2. The summed E-state index contributed by atoms with van der Waals surface area (Å²) >= 11 is 0.